The molecule has 0 radical (unpaired) electrons. The van der Waals surface area contributed by atoms with Gasteiger partial charge in [0, 0.05) is 18.2 Å². The molecule has 0 saturated carbocycles. The van der Waals surface area contributed by atoms with Crippen LogP contribution < -0.4 is 0 Å². The van der Waals surface area contributed by atoms with Gasteiger partial charge in [0.2, 0.25) is 4.23 Å². The predicted molar refractivity (Wildman–Crippen MR) is 86.4 cm³/mol. The van der Waals surface area contributed by atoms with E-state index in [0.717, 1.165) is 17.0 Å². The highest BCUT2D eigenvalue weighted by Crippen LogP contribution is 2.39. The summed E-state index contributed by atoms with van der Waals surface area (Å²) in [6.07, 6.45) is 0. The molecule has 2 aromatic carbocycles. The Bertz CT molecular complexity index is 595. The van der Waals surface area contributed by atoms with Crippen molar-refractivity contribution in [1.82, 2.24) is 4.90 Å². The molecular formula is C16H14INO. The molecular weight excluding hydrogens is 349 g/mol. The van der Waals surface area contributed by atoms with Crippen LogP contribution in [0.15, 0.2) is 60.7 Å². The van der Waals surface area contributed by atoms with Crippen LogP contribution in [0.2, 0.25) is 0 Å². The molecule has 19 heavy (non-hydrogen) atoms. The standard InChI is InChI=1S/C16H14INO/c1-18-14(12-8-4-2-5-9-12)15(19-16(18)17)13-10-6-3-7-11-13/h2-11,16H,1H3. The summed E-state index contributed by atoms with van der Waals surface area (Å²) < 4.78 is 6.05. The molecule has 2 aromatic rings. The molecule has 0 bridgehead atoms. The van der Waals surface area contributed by atoms with Gasteiger partial charge >= 0.3 is 0 Å². The number of benzene rings is 2. The number of ether oxygens (including phenoxy) is 1. The summed E-state index contributed by atoms with van der Waals surface area (Å²) in [5, 5.41) is 0. The van der Waals surface area contributed by atoms with Crippen LogP contribution in [-0.4, -0.2) is 16.2 Å². The largest absolute Gasteiger partial charge is 0.459 e. The lowest BCUT2D eigenvalue weighted by Gasteiger charge is -2.17. The molecule has 0 aromatic heterocycles. The van der Waals surface area contributed by atoms with Gasteiger partial charge in [-0.2, -0.15) is 0 Å². The molecule has 1 aliphatic heterocycles. The van der Waals surface area contributed by atoms with E-state index in [-0.39, 0.29) is 4.23 Å². The summed E-state index contributed by atoms with van der Waals surface area (Å²) >= 11 is 2.30. The zero-order valence-electron chi connectivity index (χ0n) is 10.6. The number of nitrogens with zero attached hydrogens (tertiary/aromatic N) is 1. The van der Waals surface area contributed by atoms with Crippen molar-refractivity contribution >= 4 is 34.0 Å². The Kier molecular flexibility index (Phi) is 3.46. The first-order chi connectivity index (χ1) is 9.27. The van der Waals surface area contributed by atoms with Gasteiger partial charge in [0.1, 0.15) is 0 Å². The quantitative estimate of drug-likeness (QED) is 0.451. The lowest BCUT2D eigenvalue weighted by Crippen LogP contribution is -2.19. The van der Waals surface area contributed by atoms with Gasteiger partial charge in [-0.1, -0.05) is 60.7 Å². The first-order valence-corrected chi connectivity index (χ1v) is 7.40. The average molecular weight is 363 g/mol. The van der Waals surface area contributed by atoms with Crippen molar-refractivity contribution < 1.29 is 4.74 Å². The van der Waals surface area contributed by atoms with E-state index in [1.54, 1.807) is 0 Å². The van der Waals surface area contributed by atoms with Gasteiger partial charge in [-0.15, -0.1) is 0 Å². The molecule has 2 nitrogen and oxygen atoms in total. The topological polar surface area (TPSA) is 12.5 Å². The van der Waals surface area contributed by atoms with E-state index in [1.807, 2.05) is 24.3 Å². The van der Waals surface area contributed by atoms with Crippen molar-refractivity contribution in [2.45, 2.75) is 4.23 Å². The molecule has 3 heteroatoms. The SMILES string of the molecule is CN1C(c2ccccc2)=C(c2ccccc2)OC1I. The summed E-state index contributed by atoms with van der Waals surface area (Å²) in [5.41, 5.74) is 3.45. The van der Waals surface area contributed by atoms with E-state index in [0.29, 0.717) is 0 Å². The Balaban J connectivity index is 2.14. The van der Waals surface area contributed by atoms with Crippen LogP contribution in [0, 0.1) is 0 Å². The van der Waals surface area contributed by atoms with Crippen LogP contribution in [0.5, 0.6) is 0 Å². The lowest BCUT2D eigenvalue weighted by molar-refractivity contribution is 0.190. The summed E-state index contributed by atoms with van der Waals surface area (Å²) in [7, 11) is 2.06. The van der Waals surface area contributed by atoms with Crippen molar-refractivity contribution in [2.75, 3.05) is 7.05 Å². The highest BCUT2D eigenvalue weighted by atomic mass is 127. The molecule has 0 saturated heterocycles. The number of rotatable bonds is 2. The van der Waals surface area contributed by atoms with E-state index >= 15 is 0 Å². The van der Waals surface area contributed by atoms with Crippen LogP contribution >= 0.6 is 22.6 Å². The van der Waals surface area contributed by atoms with Crippen LogP contribution in [0.25, 0.3) is 11.5 Å². The molecule has 0 amide bonds. The second-order valence-electron chi connectivity index (χ2n) is 4.43. The molecule has 0 aliphatic carbocycles. The fourth-order valence-electron chi connectivity index (χ4n) is 2.22. The van der Waals surface area contributed by atoms with Crippen LogP contribution in [-0.2, 0) is 4.74 Å². The molecule has 1 atom stereocenters. The Morgan fingerprint density at radius 2 is 1.42 bits per heavy atom. The maximum Gasteiger partial charge on any atom is 0.224 e. The third-order valence-electron chi connectivity index (χ3n) is 3.17. The van der Waals surface area contributed by atoms with E-state index < -0.39 is 0 Å². The fraction of sp³-hybridized carbons (Fsp3) is 0.125. The molecule has 1 aliphatic rings. The minimum atomic E-state index is 0.0306. The highest BCUT2D eigenvalue weighted by molar-refractivity contribution is 14.1. The minimum absolute atomic E-state index is 0.0306. The Morgan fingerprint density at radius 3 is 2.00 bits per heavy atom. The van der Waals surface area contributed by atoms with Gasteiger partial charge in [0.15, 0.2) is 5.76 Å². The minimum Gasteiger partial charge on any atom is -0.459 e. The van der Waals surface area contributed by atoms with Gasteiger partial charge in [-0.05, 0) is 22.6 Å². The summed E-state index contributed by atoms with van der Waals surface area (Å²) in [4.78, 5) is 2.16. The molecule has 0 fully saturated rings. The van der Waals surface area contributed by atoms with E-state index in [9.17, 15) is 0 Å². The normalized spacial score (nSPS) is 18.6. The van der Waals surface area contributed by atoms with Crippen LogP contribution in [0.1, 0.15) is 11.1 Å². The molecule has 1 heterocycles. The Morgan fingerprint density at radius 1 is 0.895 bits per heavy atom. The van der Waals surface area contributed by atoms with Gasteiger partial charge in [-0.3, -0.25) is 0 Å². The molecule has 0 spiro atoms. The van der Waals surface area contributed by atoms with Crippen molar-refractivity contribution in [3.63, 3.8) is 0 Å². The predicted octanol–water partition coefficient (Wildman–Crippen LogP) is 4.19. The Hall–Kier alpha value is -1.49. The maximum absolute atomic E-state index is 6.02. The average Bonchev–Trinajstić information content (AvgIpc) is 2.77. The van der Waals surface area contributed by atoms with Crippen LogP contribution in [0.3, 0.4) is 0 Å². The summed E-state index contributed by atoms with van der Waals surface area (Å²) in [6.45, 7) is 0. The summed E-state index contributed by atoms with van der Waals surface area (Å²) in [5.74, 6) is 0.953. The summed E-state index contributed by atoms with van der Waals surface area (Å²) in [6, 6.07) is 20.6. The number of halogens is 1. The Labute approximate surface area is 126 Å². The van der Waals surface area contributed by atoms with Crippen LogP contribution in [0.4, 0.5) is 0 Å². The van der Waals surface area contributed by atoms with Gasteiger partial charge in [-0.25, -0.2) is 0 Å². The van der Waals surface area contributed by atoms with Crippen molar-refractivity contribution in [3.05, 3.63) is 71.8 Å². The third-order valence-corrected chi connectivity index (χ3v) is 4.26. The smallest absolute Gasteiger partial charge is 0.224 e. The van der Waals surface area contributed by atoms with E-state index in [2.05, 4.69) is 70.9 Å². The fourth-order valence-corrected chi connectivity index (χ4v) is 2.75. The van der Waals surface area contributed by atoms with E-state index in [4.69, 9.17) is 4.74 Å². The third kappa shape index (κ3) is 2.34. The number of alkyl halides is 1. The first-order valence-electron chi connectivity index (χ1n) is 6.16. The van der Waals surface area contributed by atoms with E-state index in [1.165, 1.54) is 5.56 Å². The highest BCUT2D eigenvalue weighted by Gasteiger charge is 2.30. The first kappa shape index (κ1) is 12.5. The zero-order chi connectivity index (χ0) is 13.2. The second-order valence-corrected chi connectivity index (χ2v) is 5.50. The van der Waals surface area contributed by atoms with Crippen molar-refractivity contribution in [2.24, 2.45) is 0 Å². The maximum atomic E-state index is 6.02. The lowest BCUT2D eigenvalue weighted by atomic mass is 10.1. The molecule has 0 N–H and O–H groups in total. The van der Waals surface area contributed by atoms with Gasteiger partial charge in [0.25, 0.3) is 0 Å². The monoisotopic (exact) mass is 363 g/mol. The van der Waals surface area contributed by atoms with Crippen molar-refractivity contribution in [3.8, 4) is 0 Å². The number of hydrogen-bond acceptors (Lipinski definition) is 2. The second kappa shape index (κ2) is 5.25. The molecule has 3 rings (SSSR count). The van der Waals surface area contributed by atoms with Gasteiger partial charge < -0.3 is 9.64 Å². The molecule has 1 unspecified atom stereocenters. The van der Waals surface area contributed by atoms with Crippen molar-refractivity contribution in [1.29, 1.82) is 0 Å². The number of hydrogen-bond donors (Lipinski definition) is 0. The molecule has 96 valence electrons. The van der Waals surface area contributed by atoms with Gasteiger partial charge in [0.05, 0.1) is 5.70 Å². The zero-order valence-corrected chi connectivity index (χ0v) is 12.7.